The van der Waals surface area contributed by atoms with Crippen LogP contribution in [0.1, 0.15) is 245 Å². The zero-order chi connectivity index (χ0) is 101. The Morgan fingerprint density at radius 3 is 0.800 bits per heavy atom. The monoisotopic (exact) mass is 1850 g/mol. The number of esters is 4. The normalized spacial score (nSPS) is 11.2. The van der Waals surface area contributed by atoms with Crippen LogP contribution in [-0.4, -0.2) is 304 Å². The SMILES string of the molecule is CCCN(CCC)CCN(CCN(CC(=O)OCC)CC(=O)OCC)C(CC)C/C=C/c1ccc(CCCON(C(=O)OC(C)(C)C)C(=O)OC(C)(C)C)cc1.CCCN(CCC)CCN(CCN(CC(=O)OCC)CC(=O)OCC)C(CC)CCCc1ccc(CCCON(C(=O)OC(C)(C)C)C(=O)OC(C)(C)C)cc1.O=C=O.O=C=O.O=C=O.O=C=O.O=C=O.O=C=O. The van der Waals surface area contributed by atoms with Gasteiger partial charge in [-0.2, -0.15) is 57.5 Å². The minimum atomic E-state index is -0.920. The lowest BCUT2D eigenvalue weighted by Crippen LogP contribution is -2.46. The Morgan fingerprint density at radius 2 is 0.562 bits per heavy atom. The Kier molecular flexibility index (Phi) is 81.9. The molecule has 2 aromatic rings. The molecule has 0 aliphatic carbocycles. The van der Waals surface area contributed by atoms with Crippen molar-refractivity contribution in [1.29, 1.82) is 0 Å². The molecule has 0 aliphatic rings. The first-order chi connectivity index (χ1) is 61.4. The van der Waals surface area contributed by atoms with Crippen LogP contribution in [0.25, 0.3) is 6.08 Å². The summed E-state index contributed by atoms with van der Waals surface area (Å²) in [5.74, 6) is -1.37. The van der Waals surface area contributed by atoms with Gasteiger partial charge in [0, 0.05) is 64.4 Å². The number of hydrogen-bond donors (Lipinski definition) is 0. The lowest BCUT2D eigenvalue weighted by Gasteiger charge is -2.35. The van der Waals surface area contributed by atoms with Gasteiger partial charge < -0.3 is 47.7 Å². The summed E-state index contributed by atoms with van der Waals surface area (Å²) in [6.07, 6.45) is 14.9. The van der Waals surface area contributed by atoms with Crippen molar-refractivity contribution >= 4 is 91.2 Å². The van der Waals surface area contributed by atoms with Gasteiger partial charge in [-0.3, -0.25) is 48.5 Å². The molecule has 0 spiro atoms. The van der Waals surface area contributed by atoms with E-state index in [4.69, 9.17) is 105 Å². The van der Waals surface area contributed by atoms with E-state index in [0.29, 0.717) is 87.9 Å². The average Bonchev–Trinajstić information content (AvgIpc) is 0.858. The number of carbonyl (C=O) groups is 8. The van der Waals surface area contributed by atoms with Crippen LogP contribution in [0, 0.1) is 0 Å². The molecule has 0 aliphatic heterocycles. The maximum absolute atomic E-state index is 12.7. The number of hydrogen-bond acceptors (Lipinski definition) is 36. The molecule has 2 aromatic carbocycles. The molecule has 2 rings (SSSR count). The molecule has 38 nitrogen and oxygen atoms in total. The minimum Gasteiger partial charge on any atom is -0.465 e. The fourth-order valence-corrected chi connectivity index (χ4v) is 12.2. The number of amides is 4. The third-order valence-electron chi connectivity index (χ3n) is 17.2. The van der Waals surface area contributed by atoms with Crippen LogP contribution in [0.15, 0.2) is 54.6 Å². The van der Waals surface area contributed by atoms with E-state index in [0.717, 1.165) is 140 Å². The molecule has 2 unspecified atom stereocenters. The highest BCUT2D eigenvalue weighted by molar-refractivity contribution is 5.87. The third kappa shape index (κ3) is 77.4. The number of imide groups is 2. The van der Waals surface area contributed by atoms with Crippen LogP contribution in [0.4, 0.5) is 19.2 Å². The molecule has 130 heavy (non-hydrogen) atoms. The van der Waals surface area contributed by atoms with Crippen molar-refractivity contribution in [3.05, 3.63) is 76.9 Å². The molecule has 0 fully saturated rings. The van der Waals surface area contributed by atoms with Gasteiger partial charge in [-0.25, -0.2) is 19.2 Å². The summed E-state index contributed by atoms with van der Waals surface area (Å²) in [5.41, 5.74) is 1.37. The summed E-state index contributed by atoms with van der Waals surface area (Å²) in [7, 11) is 0. The molecule has 0 heterocycles. The van der Waals surface area contributed by atoms with E-state index in [2.05, 4.69) is 122 Å². The predicted molar refractivity (Wildman–Crippen MR) is 471 cm³/mol. The van der Waals surface area contributed by atoms with Crippen LogP contribution in [0.2, 0.25) is 0 Å². The van der Waals surface area contributed by atoms with Gasteiger partial charge in [-0.1, -0.05) is 112 Å². The molecule has 4 amide bonds. The van der Waals surface area contributed by atoms with Gasteiger partial charge in [0.15, 0.2) is 0 Å². The van der Waals surface area contributed by atoms with E-state index in [1.165, 1.54) is 5.56 Å². The van der Waals surface area contributed by atoms with Gasteiger partial charge in [0.05, 0.1) is 65.8 Å². The van der Waals surface area contributed by atoms with E-state index in [9.17, 15) is 38.4 Å². The number of aryl methyl sites for hydroxylation is 3. The molecule has 38 heteroatoms. The molecule has 2 atom stereocenters. The van der Waals surface area contributed by atoms with E-state index in [1.807, 2.05) is 9.80 Å². The van der Waals surface area contributed by atoms with Gasteiger partial charge in [0.1, 0.15) is 22.4 Å². The topological polar surface area (TPSA) is 460 Å². The number of benzene rings is 2. The predicted octanol–water partition coefficient (Wildman–Crippen LogP) is 11.9. The largest absolute Gasteiger partial charge is 0.465 e. The van der Waals surface area contributed by atoms with E-state index < -0.39 is 46.8 Å². The van der Waals surface area contributed by atoms with E-state index in [1.54, 1.807) is 111 Å². The van der Waals surface area contributed by atoms with Crippen LogP contribution in [0.5, 0.6) is 0 Å². The molecule has 0 N–H and O–H groups in total. The van der Waals surface area contributed by atoms with Crippen molar-refractivity contribution in [1.82, 2.24) is 39.5 Å². The zero-order valence-corrected chi connectivity index (χ0v) is 81.2. The summed E-state index contributed by atoms with van der Waals surface area (Å²) >= 11 is 0. The van der Waals surface area contributed by atoms with Crippen molar-refractivity contribution in [3.63, 3.8) is 0 Å². The van der Waals surface area contributed by atoms with Crippen LogP contribution >= 0.6 is 0 Å². The highest BCUT2D eigenvalue weighted by Gasteiger charge is 2.35. The van der Waals surface area contributed by atoms with Crippen LogP contribution in [-0.2, 0) is 144 Å². The molecule has 0 saturated heterocycles. The summed E-state index contributed by atoms with van der Waals surface area (Å²) in [6, 6.07) is 17.5. The van der Waals surface area contributed by atoms with E-state index >= 15 is 0 Å². The summed E-state index contributed by atoms with van der Waals surface area (Å²) in [5, 5.41) is 1.13. The highest BCUT2D eigenvalue weighted by Crippen LogP contribution is 2.22. The molecule has 0 radical (unpaired) electrons. The molecule has 0 bridgehead atoms. The Bertz CT molecular complexity index is 3400. The highest BCUT2D eigenvalue weighted by atomic mass is 16.8. The smallest absolute Gasteiger partial charge is 0.444 e. The van der Waals surface area contributed by atoms with Gasteiger partial charge in [0.2, 0.25) is 0 Å². The molecule has 0 aromatic heterocycles. The summed E-state index contributed by atoms with van der Waals surface area (Å²) in [6.45, 7) is 53.1. The van der Waals surface area contributed by atoms with Crippen LogP contribution < -0.4 is 0 Å². The second-order valence-electron chi connectivity index (χ2n) is 32.5. The Labute approximate surface area is 768 Å². The Balaban J connectivity index is -0.000000498. The van der Waals surface area contributed by atoms with Gasteiger partial charge in [-0.15, -0.1) is 0 Å². The third-order valence-corrected chi connectivity index (χ3v) is 17.2. The first-order valence-corrected chi connectivity index (χ1v) is 44.0. The van der Waals surface area contributed by atoms with Gasteiger partial charge in [0.25, 0.3) is 0 Å². The van der Waals surface area contributed by atoms with Crippen molar-refractivity contribution in [2.24, 2.45) is 0 Å². The summed E-state index contributed by atoms with van der Waals surface area (Å²) in [4.78, 5) is 223. The second-order valence-corrected chi connectivity index (χ2v) is 32.5. The minimum absolute atomic E-state index is 0.0363. The van der Waals surface area contributed by atoms with Crippen LogP contribution in [0.3, 0.4) is 0 Å². The molecule has 0 saturated carbocycles. The van der Waals surface area contributed by atoms with Crippen molar-refractivity contribution < 1.29 is 143 Å². The fraction of sp³-hybridized carbons (Fsp3) is 0.696. The summed E-state index contributed by atoms with van der Waals surface area (Å²) < 4.78 is 42.2. The van der Waals surface area contributed by atoms with Gasteiger partial charge >= 0.3 is 85.2 Å². The quantitative estimate of drug-likeness (QED) is 0.0257. The number of nitrogens with zero attached hydrogens (tertiary/aromatic N) is 8. The molecular weight excluding hydrogens is 1700 g/mol. The molecule has 738 valence electrons. The van der Waals surface area contributed by atoms with Crippen molar-refractivity contribution in [2.45, 2.75) is 277 Å². The zero-order valence-electron chi connectivity index (χ0n) is 81.2. The van der Waals surface area contributed by atoms with Crippen molar-refractivity contribution in [2.75, 3.05) is 144 Å². The first kappa shape index (κ1) is 130. The number of hydroxylamine groups is 4. The first-order valence-electron chi connectivity index (χ1n) is 44.0. The number of ether oxygens (including phenoxy) is 8. The fourth-order valence-electron chi connectivity index (χ4n) is 12.2. The van der Waals surface area contributed by atoms with E-state index in [-0.39, 0.29) is 106 Å². The number of rotatable bonds is 53. The maximum atomic E-state index is 12.7. The Hall–Kier alpha value is -10.5. The maximum Gasteiger partial charge on any atom is 0.444 e. The Morgan fingerprint density at radius 1 is 0.323 bits per heavy atom. The standard InChI is InChI=1S/C43H76N4O9.C43H74N4O9.6CO2/c2*1-12-26-44(27-13-2)28-30-46(31-29-45(33-38(48)52-15-4)34-39(49)53-16-5)37(14-3)21-17-19-35-22-24-36(25-23-35)20-18-32-54-47(40(50)55-42(6,7)8)41(51)56-43(9,10)11;6*2-1-3/h22-25,37H,12-21,26-34H2,1-11H3;17,19,22-25,37H,12-16,18,20-21,26-34H2,1-11H3;;;;;;/b;19-17+;;;;;;. The lowest BCUT2D eigenvalue weighted by molar-refractivity contribution is -0.193. The van der Waals surface area contributed by atoms with Gasteiger partial charge in [-0.05, 0) is 249 Å². The average molecular weight is 1850 g/mol. The number of carbonyl (C=O) groups excluding carboxylic acids is 20. The lowest BCUT2D eigenvalue weighted by atomic mass is 10.00. The van der Waals surface area contributed by atoms with Crippen molar-refractivity contribution in [3.8, 4) is 0 Å². The second kappa shape index (κ2) is 81.7. The molecular formula is C92H150N8O30.